The molecule has 2 aromatic heterocycles. The molecule has 26 heavy (non-hydrogen) atoms. The number of H-pyrrole nitrogens is 1. The minimum atomic E-state index is -0.0463. The molecular weight excluding hydrogens is 326 g/mol. The van der Waals surface area contributed by atoms with Crippen LogP contribution in [0.25, 0.3) is 16.6 Å². The van der Waals surface area contributed by atoms with Gasteiger partial charge >= 0.3 is 0 Å². The van der Waals surface area contributed by atoms with Crippen LogP contribution in [0.1, 0.15) is 17.0 Å². The van der Waals surface area contributed by atoms with Crippen molar-refractivity contribution < 1.29 is 4.79 Å². The second-order valence-electron chi connectivity index (χ2n) is 6.22. The first-order valence-electron chi connectivity index (χ1n) is 8.49. The molecule has 0 atom stereocenters. The Morgan fingerprint density at radius 1 is 1.15 bits per heavy atom. The average Bonchev–Trinajstić information content (AvgIpc) is 3.29. The van der Waals surface area contributed by atoms with Gasteiger partial charge < -0.3 is 10.3 Å². The molecule has 0 aliphatic heterocycles. The van der Waals surface area contributed by atoms with Gasteiger partial charge in [-0.15, -0.1) is 10.2 Å². The number of nitrogens with one attached hydrogen (secondary N) is 2. The van der Waals surface area contributed by atoms with Gasteiger partial charge in [0.2, 0.25) is 5.91 Å². The summed E-state index contributed by atoms with van der Waals surface area (Å²) in [5.74, 6) is 0.648. The van der Waals surface area contributed by atoms with Crippen LogP contribution >= 0.6 is 0 Å². The Kier molecular flexibility index (Phi) is 4.23. The summed E-state index contributed by atoms with van der Waals surface area (Å²) in [5.41, 5.74) is 4.21. The monoisotopic (exact) mass is 345 g/mol. The van der Waals surface area contributed by atoms with Gasteiger partial charge in [0.1, 0.15) is 6.33 Å². The maximum atomic E-state index is 12.4. The first-order valence-corrected chi connectivity index (χ1v) is 8.49. The Morgan fingerprint density at radius 2 is 2.00 bits per heavy atom. The number of carbonyl (C=O) groups is 1. The second-order valence-corrected chi connectivity index (χ2v) is 6.22. The van der Waals surface area contributed by atoms with E-state index in [2.05, 4.69) is 33.5 Å². The summed E-state index contributed by atoms with van der Waals surface area (Å²) >= 11 is 0. The van der Waals surface area contributed by atoms with Crippen molar-refractivity contribution in [2.45, 2.75) is 19.9 Å². The first kappa shape index (κ1) is 16.1. The fourth-order valence-corrected chi connectivity index (χ4v) is 3.11. The summed E-state index contributed by atoms with van der Waals surface area (Å²) in [6.45, 7) is 2.38. The van der Waals surface area contributed by atoms with Gasteiger partial charge in [0.15, 0.2) is 5.82 Å². The van der Waals surface area contributed by atoms with Crippen molar-refractivity contribution in [3.8, 4) is 5.69 Å². The van der Waals surface area contributed by atoms with E-state index in [9.17, 15) is 4.79 Å². The normalized spacial score (nSPS) is 11.0. The Hall–Kier alpha value is -3.41. The van der Waals surface area contributed by atoms with Crippen molar-refractivity contribution in [3.05, 3.63) is 78.0 Å². The molecule has 2 aromatic carbocycles. The van der Waals surface area contributed by atoms with Gasteiger partial charge in [0.05, 0.1) is 13.0 Å². The van der Waals surface area contributed by atoms with Crippen molar-refractivity contribution in [2.24, 2.45) is 0 Å². The van der Waals surface area contributed by atoms with Crippen LogP contribution in [-0.4, -0.2) is 25.7 Å². The molecule has 0 bridgehead atoms. The Bertz CT molecular complexity index is 1050. The Balaban J connectivity index is 1.45. The van der Waals surface area contributed by atoms with Crippen LogP contribution < -0.4 is 5.32 Å². The first-order chi connectivity index (χ1) is 12.7. The van der Waals surface area contributed by atoms with Crippen molar-refractivity contribution in [1.82, 2.24) is 25.1 Å². The molecule has 4 rings (SSSR count). The number of aromatic nitrogens is 4. The predicted molar refractivity (Wildman–Crippen MR) is 99.9 cm³/mol. The van der Waals surface area contributed by atoms with E-state index in [-0.39, 0.29) is 5.91 Å². The Labute approximate surface area is 150 Å². The van der Waals surface area contributed by atoms with E-state index in [1.807, 2.05) is 53.2 Å². The second kappa shape index (κ2) is 6.84. The van der Waals surface area contributed by atoms with E-state index >= 15 is 0 Å². The minimum Gasteiger partial charge on any atom is -0.361 e. The molecule has 2 N–H and O–H groups in total. The quantitative estimate of drug-likeness (QED) is 0.584. The minimum absolute atomic E-state index is 0.0463. The summed E-state index contributed by atoms with van der Waals surface area (Å²) in [4.78, 5) is 15.7. The molecule has 0 radical (unpaired) electrons. The standard InChI is InChI=1S/C20H19N5O/c1-14-6-5-9-17-15(11-22-20(14)17)10-19(26)21-12-18-24-23-13-25(18)16-7-3-2-4-8-16/h2-9,11,13,22H,10,12H2,1H3,(H,21,26). The predicted octanol–water partition coefficient (Wildman–Crippen LogP) is 2.92. The maximum Gasteiger partial charge on any atom is 0.224 e. The molecule has 0 saturated heterocycles. The lowest BCUT2D eigenvalue weighted by Gasteiger charge is -2.08. The van der Waals surface area contributed by atoms with Crippen LogP contribution in [0.4, 0.5) is 0 Å². The zero-order valence-electron chi connectivity index (χ0n) is 14.4. The number of hydrogen-bond acceptors (Lipinski definition) is 3. The highest BCUT2D eigenvalue weighted by Crippen LogP contribution is 2.21. The number of hydrogen-bond donors (Lipinski definition) is 2. The smallest absolute Gasteiger partial charge is 0.224 e. The fraction of sp³-hybridized carbons (Fsp3) is 0.150. The van der Waals surface area contributed by atoms with Gasteiger partial charge in [-0.25, -0.2) is 0 Å². The third-order valence-electron chi connectivity index (χ3n) is 4.46. The number of amides is 1. The maximum absolute atomic E-state index is 12.4. The molecule has 2 heterocycles. The SMILES string of the molecule is Cc1cccc2c(CC(=O)NCc3nncn3-c3ccccc3)c[nH]c12. The number of carbonyl (C=O) groups excluding carboxylic acids is 1. The van der Waals surface area contributed by atoms with Crippen LogP contribution in [-0.2, 0) is 17.8 Å². The molecule has 6 nitrogen and oxygen atoms in total. The largest absolute Gasteiger partial charge is 0.361 e. The molecule has 1 amide bonds. The molecular formula is C20H19N5O. The molecule has 0 fully saturated rings. The van der Waals surface area contributed by atoms with Crippen LogP contribution in [0, 0.1) is 6.92 Å². The van der Waals surface area contributed by atoms with Crippen LogP contribution in [0.3, 0.4) is 0 Å². The molecule has 0 saturated carbocycles. The highest BCUT2D eigenvalue weighted by molar-refractivity contribution is 5.90. The van der Waals surface area contributed by atoms with E-state index in [0.29, 0.717) is 18.8 Å². The summed E-state index contributed by atoms with van der Waals surface area (Å²) in [6.07, 6.45) is 3.88. The lowest BCUT2D eigenvalue weighted by Crippen LogP contribution is -2.26. The molecule has 0 aliphatic carbocycles. The van der Waals surface area contributed by atoms with Crippen LogP contribution in [0.5, 0.6) is 0 Å². The molecule has 6 heteroatoms. The summed E-state index contributed by atoms with van der Waals surface area (Å²) in [6, 6.07) is 15.9. The van der Waals surface area contributed by atoms with E-state index in [1.165, 1.54) is 5.56 Å². The van der Waals surface area contributed by atoms with Gasteiger partial charge in [-0.3, -0.25) is 9.36 Å². The highest BCUT2D eigenvalue weighted by Gasteiger charge is 2.12. The molecule has 130 valence electrons. The molecule has 0 spiro atoms. The number of aryl methyl sites for hydroxylation is 1. The summed E-state index contributed by atoms with van der Waals surface area (Å²) < 4.78 is 1.87. The van der Waals surface area contributed by atoms with Gasteiger partial charge in [0.25, 0.3) is 0 Å². The van der Waals surface area contributed by atoms with Crippen LogP contribution in [0.2, 0.25) is 0 Å². The number of fused-ring (bicyclic) bond motifs is 1. The van der Waals surface area contributed by atoms with E-state index in [0.717, 1.165) is 22.2 Å². The third-order valence-corrected chi connectivity index (χ3v) is 4.46. The molecule has 0 aliphatic rings. The van der Waals surface area contributed by atoms with E-state index < -0.39 is 0 Å². The topological polar surface area (TPSA) is 75.6 Å². The van der Waals surface area contributed by atoms with E-state index in [4.69, 9.17) is 0 Å². The number of rotatable bonds is 5. The molecule has 4 aromatic rings. The van der Waals surface area contributed by atoms with Gasteiger partial charge in [-0.05, 0) is 30.2 Å². The van der Waals surface area contributed by atoms with E-state index in [1.54, 1.807) is 6.33 Å². The van der Waals surface area contributed by atoms with Crippen molar-refractivity contribution >= 4 is 16.8 Å². The fourth-order valence-electron chi connectivity index (χ4n) is 3.11. The molecule has 0 unspecified atom stereocenters. The van der Waals surface area contributed by atoms with Crippen molar-refractivity contribution in [1.29, 1.82) is 0 Å². The van der Waals surface area contributed by atoms with Crippen molar-refractivity contribution in [2.75, 3.05) is 0 Å². The van der Waals surface area contributed by atoms with Gasteiger partial charge in [0, 0.05) is 22.8 Å². The number of benzene rings is 2. The van der Waals surface area contributed by atoms with Crippen molar-refractivity contribution in [3.63, 3.8) is 0 Å². The average molecular weight is 345 g/mol. The van der Waals surface area contributed by atoms with Gasteiger partial charge in [-0.2, -0.15) is 0 Å². The highest BCUT2D eigenvalue weighted by atomic mass is 16.1. The zero-order chi connectivity index (χ0) is 17.9. The lowest BCUT2D eigenvalue weighted by molar-refractivity contribution is -0.120. The summed E-state index contributed by atoms with van der Waals surface area (Å²) in [5, 5.41) is 12.1. The third kappa shape index (κ3) is 3.09. The number of nitrogens with zero attached hydrogens (tertiary/aromatic N) is 3. The number of aromatic amines is 1. The van der Waals surface area contributed by atoms with Gasteiger partial charge in [-0.1, -0.05) is 36.4 Å². The lowest BCUT2D eigenvalue weighted by atomic mass is 10.1. The number of para-hydroxylation sites is 2. The Morgan fingerprint density at radius 3 is 2.85 bits per heavy atom. The van der Waals surface area contributed by atoms with Crippen LogP contribution in [0.15, 0.2) is 61.1 Å². The zero-order valence-corrected chi connectivity index (χ0v) is 14.4. The summed E-state index contributed by atoms with van der Waals surface area (Å²) in [7, 11) is 0.